The molecule has 0 atom stereocenters. The summed E-state index contributed by atoms with van der Waals surface area (Å²) in [5.41, 5.74) is 0.629. The number of carbonyl (C=O) groups excluding carboxylic acids is 1. The smallest absolute Gasteiger partial charge is 0.269 e. The summed E-state index contributed by atoms with van der Waals surface area (Å²) in [6, 6.07) is 5.90. The highest BCUT2D eigenvalue weighted by Gasteiger charge is 2.15. The second-order valence-electron chi connectivity index (χ2n) is 4.92. The average Bonchev–Trinajstić information content (AvgIpc) is 2.47. The van der Waals surface area contributed by atoms with Gasteiger partial charge in [-0.1, -0.05) is 19.3 Å². The molecule has 1 aromatic rings. The van der Waals surface area contributed by atoms with Gasteiger partial charge in [-0.3, -0.25) is 14.9 Å². The highest BCUT2D eigenvalue weighted by atomic mass is 32.2. The quantitative estimate of drug-likeness (QED) is 0.665. The topological polar surface area (TPSA) is 72.2 Å². The van der Waals surface area contributed by atoms with Gasteiger partial charge in [0.1, 0.15) is 0 Å². The van der Waals surface area contributed by atoms with E-state index in [0.717, 1.165) is 0 Å². The van der Waals surface area contributed by atoms with E-state index in [1.165, 1.54) is 44.2 Å². The molecule has 1 saturated carbocycles. The van der Waals surface area contributed by atoms with E-state index in [1.54, 1.807) is 23.9 Å². The zero-order valence-corrected chi connectivity index (χ0v) is 12.0. The first-order valence-corrected chi connectivity index (χ1v) is 7.86. The number of nitro groups is 1. The second kappa shape index (κ2) is 7.28. The molecule has 1 fully saturated rings. The fraction of sp³-hybridized carbons (Fsp3) is 0.500. The van der Waals surface area contributed by atoms with E-state index in [-0.39, 0.29) is 11.6 Å². The number of carbonyl (C=O) groups is 1. The van der Waals surface area contributed by atoms with Gasteiger partial charge in [-0.25, -0.2) is 0 Å². The van der Waals surface area contributed by atoms with Crippen molar-refractivity contribution in [2.24, 2.45) is 0 Å². The highest BCUT2D eigenvalue weighted by molar-refractivity contribution is 8.00. The molecule has 1 N–H and O–H groups in total. The van der Waals surface area contributed by atoms with Gasteiger partial charge in [0.25, 0.3) is 5.69 Å². The van der Waals surface area contributed by atoms with Gasteiger partial charge in [0.05, 0.1) is 10.7 Å². The molecule has 1 aliphatic carbocycles. The standard InChI is InChI=1S/C14H18N2O3S/c17-14(10-20-13-4-2-1-3-5-13)15-11-6-8-12(9-7-11)16(18)19/h6-9,13H,1-5,10H2,(H,15,17). The predicted molar refractivity (Wildman–Crippen MR) is 81.1 cm³/mol. The largest absolute Gasteiger partial charge is 0.325 e. The lowest BCUT2D eigenvalue weighted by Crippen LogP contribution is -2.17. The number of thioether (sulfide) groups is 1. The van der Waals surface area contributed by atoms with Crippen molar-refractivity contribution < 1.29 is 9.72 Å². The van der Waals surface area contributed by atoms with Gasteiger partial charge in [-0.2, -0.15) is 0 Å². The fourth-order valence-corrected chi connectivity index (χ4v) is 3.41. The molecule has 108 valence electrons. The van der Waals surface area contributed by atoms with Crippen molar-refractivity contribution in [3.05, 3.63) is 34.4 Å². The molecular weight excluding hydrogens is 276 g/mol. The van der Waals surface area contributed by atoms with Crippen molar-refractivity contribution in [2.75, 3.05) is 11.1 Å². The summed E-state index contributed by atoms with van der Waals surface area (Å²) in [5.74, 6) is 0.399. The number of hydrogen-bond donors (Lipinski definition) is 1. The Hall–Kier alpha value is -1.56. The zero-order chi connectivity index (χ0) is 14.4. The van der Waals surface area contributed by atoms with Crippen molar-refractivity contribution in [1.82, 2.24) is 0 Å². The van der Waals surface area contributed by atoms with E-state index >= 15 is 0 Å². The van der Waals surface area contributed by atoms with E-state index in [2.05, 4.69) is 5.32 Å². The first kappa shape index (κ1) is 14.8. The number of nitrogens with zero attached hydrogens (tertiary/aromatic N) is 1. The number of nitrogens with one attached hydrogen (secondary N) is 1. The molecule has 2 rings (SSSR count). The van der Waals surface area contributed by atoms with Crippen LogP contribution in [0, 0.1) is 10.1 Å². The molecule has 20 heavy (non-hydrogen) atoms. The van der Waals surface area contributed by atoms with Crippen LogP contribution in [-0.2, 0) is 4.79 Å². The summed E-state index contributed by atoms with van der Waals surface area (Å²) < 4.78 is 0. The summed E-state index contributed by atoms with van der Waals surface area (Å²) in [7, 11) is 0. The Kier molecular flexibility index (Phi) is 5.40. The predicted octanol–water partition coefficient (Wildman–Crippen LogP) is 3.60. The summed E-state index contributed by atoms with van der Waals surface area (Å²) in [6.45, 7) is 0. The molecule has 1 aliphatic rings. The van der Waals surface area contributed by atoms with Crippen molar-refractivity contribution >= 4 is 29.0 Å². The molecule has 0 heterocycles. The van der Waals surface area contributed by atoms with E-state index in [9.17, 15) is 14.9 Å². The average molecular weight is 294 g/mol. The number of rotatable bonds is 5. The summed E-state index contributed by atoms with van der Waals surface area (Å²) in [4.78, 5) is 21.9. The van der Waals surface area contributed by atoms with Crippen LogP contribution < -0.4 is 5.32 Å². The molecular formula is C14H18N2O3S. The van der Waals surface area contributed by atoms with Gasteiger partial charge in [-0.05, 0) is 25.0 Å². The Bertz CT molecular complexity index is 470. The molecule has 5 nitrogen and oxygen atoms in total. The van der Waals surface area contributed by atoms with Gasteiger partial charge in [0.15, 0.2) is 0 Å². The Morgan fingerprint density at radius 2 is 1.90 bits per heavy atom. The van der Waals surface area contributed by atoms with Crippen LogP contribution >= 0.6 is 11.8 Å². The molecule has 0 saturated heterocycles. The Morgan fingerprint density at radius 1 is 1.25 bits per heavy atom. The van der Waals surface area contributed by atoms with Crippen LogP contribution in [0.3, 0.4) is 0 Å². The third-order valence-corrected chi connectivity index (χ3v) is 4.74. The third-order valence-electron chi connectivity index (χ3n) is 3.36. The van der Waals surface area contributed by atoms with E-state index < -0.39 is 4.92 Å². The lowest BCUT2D eigenvalue weighted by atomic mass is 10.0. The van der Waals surface area contributed by atoms with Crippen molar-refractivity contribution in [3.8, 4) is 0 Å². The molecule has 1 aromatic carbocycles. The Labute approximate surface area is 122 Å². The lowest BCUT2D eigenvalue weighted by Gasteiger charge is -2.20. The molecule has 6 heteroatoms. The van der Waals surface area contributed by atoms with Gasteiger partial charge < -0.3 is 5.32 Å². The third kappa shape index (κ3) is 4.52. The Balaban J connectivity index is 1.77. The van der Waals surface area contributed by atoms with Crippen molar-refractivity contribution in [3.63, 3.8) is 0 Å². The number of anilines is 1. The highest BCUT2D eigenvalue weighted by Crippen LogP contribution is 2.28. The van der Waals surface area contributed by atoms with E-state index in [4.69, 9.17) is 0 Å². The number of nitro benzene ring substituents is 1. The normalized spacial score (nSPS) is 15.8. The Morgan fingerprint density at radius 3 is 2.50 bits per heavy atom. The van der Waals surface area contributed by atoms with Crippen LogP contribution in [0.1, 0.15) is 32.1 Å². The first-order chi connectivity index (χ1) is 9.65. The fourth-order valence-electron chi connectivity index (χ4n) is 2.29. The number of amides is 1. The maximum absolute atomic E-state index is 11.8. The number of hydrogen-bond acceptors (Lipinski definition) is 4. The van der Waals surface area contributed by atoms with Crippen LogP contribution in [0.5, 0.6) is 0 Å². The molecule has 0 spiro atoms. The molecule has 0 radical (unpaired) electrons. The maximum atomic E-state index is 11.8. The van der Waals surface area contributed by atoms with Crippen LogP contribution in [0.2, 0.25) is 0 Å². The van der Waals surface area contributed by atoms with Crippen molar-refractivity contribution in [1.29, 1.82) is 0 Å². The number of non-ortho nitro benzene ring substituents is 1. The van der Waals surface area contributed by atoms with Gasteiger partial charge in [-0.15, -0.1) is 11.8 Å². The molecule has 0 aromatic heterocycles. The summed E-state index contributed by atoms with van der Waals surface area (Å²) in [6.07, 6.45) is 6.25. The van der Waals surface area contributed by atoms with Crippen molar-refractivity contribution in [2.45, 2.75) is 37.4 Å². The maximum Gasteiger partial charge on any atom is 0.269 e. The molecule has 0 unspecified atom stereocenters. The molecule has 0 bridgehead atoms. The minimum absolute atomic E-state index is 0.0274. The SMILES string of the molecule is O=C(CSC1CCCCC1)Nc1ccc([N+](=O)[O-])cc1. The minimum Gasteiger partial charge on any atom is -0.325 e. The van der Waals surface area contributed by atoms with Crippen LogP contribution in [0.4, 0.5) is 11.4 Å². The van der Waals surface area contributed by atoms with E-state index in [0.29, 0.717) is 16.7 Å². The summed E-state index contributed by atoms with van der Waals surface area (Å²) in [5, 5.41) is 13.9. The van der Waals surface area contributed by atoms with Gasteiger partial charge >= 0.3 is 0 Å². The molecule has 1 amide bonds. The van der Waals surface area contributed by atoms with Crippen LogP contribution in [0.15, 0.2) is 24.3 Å². The van der Waals surface area contributed by atoms with Crippen LogP contribution in [0.25, 0.3) is 0 Å². The monoisotopic (exact) mass is 294 g/mol. The van der Waals surface area contributed by atoms with Crippen LogP contribution in [-0.4, -0.2) is 21.8 Å². The second-order valence-corrected chi connectivity index (χ2v) is 6.21. The zero-order valence-electron chi connectivity index (χ0n) is 11.2. The molecule has 0 aliphatic heterocycles. The van der Waals surface area contributed by atoms with Gasteiger partial charge in [0.2, 0.25) is 5.91 Å². The first-order valence-electron chi connectivity index (χ1n) is 6.81. The van der Waals surface area contributed by atoms with Gasteiger partial charge in [0, 0.05) is 23.1 Å². The van der Waals surface area contributed by atoms with E-state index in [1.807, 2.05) is 0 Å². The lowest BCUT2D eigenvalue weighted by molar-refractivity contribution is -0.384. The minimum atomic E-state index is -0.454. The number of benzene rings is 1. The summed E-state index contributed by atoms with van der Waals surface area (Å²) >= 11 is 1.71.